The molecule has 0 unspecified atom stereocenters. The number of ether oxygens (including phenoxy) is 1. The van der Waals surface area contributed by atoms with E-state index in [0.29, 0.717) is 12.8 Å². The van der Waals surface area contributed by atoms with Crippen LogP contribution >= 0.6 is 11.6 Å². The second-order valence-corrected chi connectivity index (χ2v) is 4.90. The van der Waals surface area contributed by atoms with Crippen molar-refractivity contribution >= 4 is 17.4 Å². The second kappa shape index (κ2) is 4.35. The summed E-state index contributed by atoms with van der Waals surface area (Å²) in [5, 5.41) is 19.2. The van der Waals surface area contributed by atoms with Crippen molar-refractivity contribution < 1.29 is 19.7 Å². The van der Waals surface area contributed by atoms with Crippen molar-refractivity contribution in [1.29, 1.82) is 0 Å². The highest BCUT2D eigenvalue weighted by atomic mass is 35.5. The highest BCUT2D eigenvalue weighted by Gasteiger charge is 2.40. The lowest BCUT2D eigenvalue weighted by atomic mass is 9.85. The zero-order chi connectivity index (χ0) is 13.5. The third-order valence-corrected chi connectivity index (χ3v) is 3.93. The van der Waals surface area contributed by atoms with E-state index in [1.54, 1.807) is 0 Å². The van der Waals surface area contributed by atoms with Crippen LogP contribution in [0.1, 0.15) is 43.5 Å². The van der Waals surface area contributed by atoms with E-state index in [4.69, 9.17) is 16.3 Å². The number of carbonyl (C=O) groups excluding carboxylic acids is 1. The number of hydrogen-bond donors (Lipinski definition) is 2. The predicted octanol–water partition coefficient (Wildman–Crippen LogP) is 3.28. The Kier molecular flexibility index (Phi) is 3.15. The van der Waals surface area contributed by atoms with Crippen LogP contribution in [0, 0.1) is 0 Å². The van der Waals surface area contributed by atoms with E-state index >= 15 is 0 Å². The summed E-state index contributed by atoms with van der Waals surface area (Å²) >= 11 is 5.71. The molecule has 0 aliphatic carbocycles. The molecule has 98 valence electrons. The Hall–Kier alpha value is -1.42. The van der Waals surface area contributed by atoms with Crippen molar-refractivity contribution in [1.82, 2.24) is 0 Å². The summed E-state index contributed by atoms with van der Waals surface area (Å²) in [5.74, 6) is -0.699. The van der Waals surface area contributed by atoms with Crippen LogP contribution in [0.25, 0.3) is 0 Å². The Bertz CT molecular complexity index is 506. The SMILES string of the molecule is CCC1(CC)CC(=O)c2c(cc(O)c(Cl)c2O)O1. The quantitative estimate of drug-likeness (QED) is 0.865. The van der Waals surface area contributed by atoms with Crippen molar-refractivity contribution in [3.63, 3.8) is 0 Å². The fourth-order valence-corrected chi connectivity index (χ4v) is 2.40. The molecule has 0 aromatic heterocycles. The van der Waals surface area contributed by atoms with Crippen LogP contribution in [0.4, 0.5) is 0 Å². The molecule has 0 saturated heterocycles. The van der Waals surface area contributed by atoms with E-state index in [1.165, 1.54) is 6.07 Å². The van der Waals surface area contributed by atoms with E-state index < -0.39 is 11.4 Å². The van der Waals surface area contributed by atoms with Crippen molar-refractivity contribution in [2.24, 2.45) is 0 Å². The van der Waals surface area contributed by atoms with E-state index in [-0.39, 0.29) is 34.3 Å². The van der Waals surface area contributed by atoms with Gasteiger partial charge in [-0.05, 0) is 12.8 Å². The van der Waals surface area contributed by atoms with Gasteiger partial charge in [-0.1, -0.05) is 25.4 Å². The van der Waals surface area contributed by atoms with Gasteiger partial charge in [0.1, 0.15) is 27.7 Å². The van der Waals surface area contributed by atoms with E-state index in [2.05, 4.69) is 0 Å². The highest BCUT2D eigenvalue weighted by molar-refractivity contribution is 6.34. The predicted molar refractivity (Wildman–Crippen MR) is 67.7 cm³/mol. The summed E-state index contributed by atoms with van der Waals surface area (Å²) in [7, 11) is 0. The number of halogens is 1. The number of hydrogen-bond acceptors (Lipinski definition) is 4. The monoisotopic (exact) mass is 270 g/mol. The number of fused-ring (bicyclic) bond motifs is 1. The van der Waals surface area contributed by atoms with Gasteiger partial charge < -0.3 is 14.9 Å². The molecule has 1 aromatic rings. The number of ketones is 1. The van der Waals surface area contributed by atoms with Crippen molar-refractivity contribution in [3.05, 3.63) is 16.7 Å². The molecular formula is C13H15ClO4. The minimum Gasteiger partial charge on any atom is -0.506 e. The van der Waals surface area contributed by atoms with Gasteiger partial charge >= 0.3 is 0 Å². The van der Waals surface area contributed by atoms with Crippen LogP contribution in [0.5, 0.6) is 17.2 Å². The first-order valence-corrected chi connectivity index (χ1v) is 6.28. The van der Waals surface area contributed by atoms with Crippen LogP contribution in [-0.4, -0.2) is 21.6 Å². The van der Waals surface area contributed by atoms with Gasteiger partial charge in [0.15, 0.2) is 11.5 Å². The average Bonchev–Trinajstić information content (AvgIpc) is 2.35. The Balaban J connectivity index is 2.59. The summed E-state index contributed by atoms with van der Waals surface area (Å²) in [6.07, 6.45) is 1.57. The number of aromatic hydroxyl groups is 2. The average molecular weight is 271 g/mol. The summed E-state index contributed by atoms with van der Waals surface area (Å²) in [6.45, 7) is 3.88. The molecule has 4 nitrogen and oxygen atoms in total. The number of rotatable bonds is 2. The minimum absolute atomic E-state index is 0.0651. The van der Waals surface area contributed by atoms with Crippen molar-refractivity contribution in [2.45, 2.75) is 38.7 Å². The maximum absolute atomic E-state index is 12.1. The van der Waals surface area contributed by atoms with Gasteiger partial charge in [-0.2, -0.15) is 0 Å². The van der Waals surface area contributed by atoms with Gasteiger partial charge in [-0.25, -0.2) is 0 Å². The fraction of sp³-hybridized carbons (Fsp3) is 0.462. The summed E-state index contributed by atoms with van der Waals surface area (Å²) in [6, 6.07) is 1.29. The smallest absolute Gasteiger partial charge is 0.174 e. The first kappa shape index (κ1) is 13.0. The second-order valence-electron chi connectivity index (χ2n) is 4.52. The Morgan fingerprint density at radius 2 is 2.00 bits per heavy atom. The van der Waals surface area contributed by atoms with Gasteiger partial charge in [0.2, 0.25) is 0 Å². The normalized spacial score (nSPS) is 17.2. The van der Waals surface area contributed by atoms with Gasteiger partial charge in [0.25, 0.3) is 0 Å². The molecule has 5 heteroatoms. The van der Waals surface area contributed by atoms with E-state index in [1.807, 2.05) is 13.8 Å². The zero-order valence-corrected chi connectivity index (χ0v) is 11.0. The maximum Gasteiger partial charge on any atom is 0.174 e. The number of phenols is 2. The van der Waals surface area contributed by atoms with Gasteiger partial charge in [0.05, 0.1) is 6.42 Å². The molecule has 0 bridgehead atoms. The fourth-order valence-electron chi connectivity index (χ4n) is 2.25. The molecule has 1 heterocycles. The molecule has 0 radical (unpaired) electrons. The maximum atomic E-state index is 12.1. The number of carbonyl (C=O) groups is 1. The first-order chi connectivity index (χ1) is 8.44. The lowest BCUT2D eigenvalue weighted by Crippen LogP contribution is -2.40. The number of benzene rings is 1. The topological polar surface area (TPSA) is 66.8 Å². The molecule has 0 fully saturated rings. The molecular weight excluding hydrogens is 256 g/mol. The van der Waals surface area contributed by atoms with Crippen molar-refractivity contribution in [2.75, 3.05) is 0 Å². The molecule has 2 rings (SSSR count). The van der Waals surface area contributed by atoms with E-state index in [9.17, 15) is 15.0 Å². The summed E-state index contributed by atoms with van der Waals surface area (Å²) in [5.41, 5.74) is -0.494. The summed E-state index contributed by atoms with van der Waals surface area (Å²) < 4.78 is 5.81. The lowest BCUT2D eigenvalue weighted by molar-refractivity contribution is 0.0343. The highest BCUT2D eigenvalue weighted by Crippen LogP contribution is 2.47. The lowest BCUT2D eigenvalue weighted by Gasteiger charge is -2.36. The Labute approximate surface area is 110 Å². The Morgan fingerprint density at radius 1 is 1.39 bits per heavy atom. The van der Waals surface area contributed by atoms with E-state index in [0.717, 1.165) is 0 Å². The first-order valence-electron chi connectivity index (χ1n) is 5.90. The third-order valence-electron chi connectivity index (χ3n) is 3.56. The molecule has 1 aliphatic heterocycles. The molecule has 1 aliphatic rings. The van der Waals surface area contributed by atoms with Crippen molar-refractivity contribution in [3.8, 4) is 17.2 Å². The Morgan fingerprint density at radius 3 is 2.56 bits per heavy atom. The number of Topliss-reactive ketones (excluding diaryl/α,β-unsaturated/α-hetero) is 1. The minimum atomic E-state index is -0.559. The molecule has 18 heavy (non-hydrogen) atoms. The molecule has 0 spiro atoms. The van der Waals surface area contributed by atoms with Gasteiger partial charge in [-0.15, -0.1) is 0 Å². The zero-order valence-electron chi connectivity index (χ0n) is 10.3. The molecule has 1 aromatic carbocycles. The molecule has 0 saturated carbocycles. The largest absolute Gasteiger partial charge is 0.506 e. The van der Waals surface area contributed by atoms with Crippen LogP contribution < -0.4 is 4.74 Å². The molecule has 2 N–H and O–H groups in total. The summed E-state index contributed by atoms with van der Waals surface area (Å²) in [4.78, 5) is 12.1. The standard InChI is InChI=1S/C13H15ClO4/c1-3-13(4-2)6-8(16)10-9(18-13)5-7(15)11(14)12(10)17/h5,15,17H,3-4,6H2,1-2H3. The van der Waals surface area contributed by atoms with Gasteiger partial charge in [0, 0.05) is 6.07 Å². The van der Waals surface area contributed by atoms with Crippen LogP contribution in [0.2, 0.25) is 5.02 Å². The van der Waals surface area contributed by atoms with Crippen LogP contribution in [0.3, 0.4) is 0 Å². The van der Waals surface area contributed by atoms with Crippen LogP contribution in [0.15, 0.2) is 6.07 Å². The van der Waals surface area contributed by atoms with Crippen LogP contribution in [-0.2, 0) is 0 Å². The molecule has 0 amide bonds. The van der Waals surface area contributed by atoms with Gasteiger partial charge in [-0.3, -0.25) is 4.79 Å². The third kappa shape index (κ3) is 1.81. The number of phenolic OH excluding ortho intramolecular Hbond substituents is 2. The molecule has 0 atom stereocenters.